The van der Waals surface area contributed by atoms with E-state index in [0.717, 1.165) is 24.1 Å². The Hall–Kier alpha value is -1.83. The van der Waals surface area contributed by atoms with Crippen LogP contribution in [0, 0.1) is 12.7 Å². The van der Waals surface area contributed by atoms with Crippen LogP contribution in [0.1, 0.15) is 49.4 Å². The first-order valence-electron chi connectivity index (χ1n) is 7.59. The number of hydrogen-bond donors (Lipinski definition) is 1. The largest absolute Gasteiger partial charge is 0.378 e. The first-order valence-corrected chi connectivity index (χ1v) is 7.59. The maximum Gasteiger partial charge on any atom is 0.125 e. The predicted molar refractivity (Wildman–Crippen MR) is 86.2 cm³/mol. The Balaban J connectivity index is 1.96. The molecule has 1 unspecified atom stereocenters. The van der Waals surface area contributed by atoms with Crippen molar-refractivity contribution < 1.29 is 4.39 Å². The zero-order valence-electron chi connectivity index (χ0n) is 12.9. The lowest BCUT2D eigenvalue weighted by Gasteiger charge is -2.38. The van der Waals surface area contributed by atoms with Crippen molar-refractivity contribution in [3.8, 4) is 0 Å². The van der Waals surface area contributed by atoms with Gasteiger partial charge in [-0.15, -0.1) is 0 Å². The topological polar surface area (TPSA) is 12.0 Å². The molecule has 0 aromatic heterocycles. The van der Waals surface area contributed by atoms with Crippen LogP contribution in [-0.4, -0.2) is 0 Å². The Morgan fingerprint density at radius 3 is 2.71 bits per heavy atom. The van der Waals surface area contributed by atoms with E-state index in [1.54, 1.807) is 6.07 Å². The molecule has 1 atom stereocenters. The monoisotopic (exact) mass is 283 g/mol. The molecule has 1 aliphatic carbocycles. The smallest absolute Gasteiger partial charge is 0.125 e. The second kappa shape index (κ2) is 5.18. The lowest BCUT2D eigenvalue weighted by molar-refractivity contribution is 0.406. The number of hydrogen-bond acceptors (Lipinski definition) is 1. The number of aryl methyl sites for hydroxylation is 1. The second-order valence-corrected chi connectivity index (χ2v) is 6.67. The van der Waals surface area contributed by atoms with Gasteiger partial charge in [-0.2, -0.15) is 0 Å². The molecule has 0 saturated carbocycles. The van der Waals surface area contributed by atoms with Crippen molar-refractivity contribution in [1.82, 2.24) is 0 Å². The Bertz CT molecular complexity index is 660. The van der Waals surface area contributed by atoms with E-state index in [-0.39, 0.29) is 17.3 Å². The number of benzene rings is 2. The fraction of sp³-hybridized carbons (Fsp3) is 0.368. The van der Waals surface area contributed by atoms with Crippen LogP contribution in [0.3, 0.4) is 0 Å². The highest BCUT2D eigenvalue weighted by Crippen LogP contribution is 2.42. The summed E-state index contributed by atoms with van der Waals surface area (Å²) < 4.78 is 13.5. The molecule has 110 valence electrons. The molecule has 21 heavy (non-hydrogen) atoms. The van der Waals surface area contributed by atoms with Crippen molar-refractivity contribution >= 4 is 5.69 Å². The van der Waals surface area contributed by atoms with Crippen molar-refractivity contribution in [2.24, 2.45) is 0 Å². The molecule has 0 heterocycles. The quantitative estimate of drug-likeness (QED) is 0.782. The maximum absolute atomic E-state index is 13.5. The number of rotatable bonds is 2. The molecule has 0 bridgehead atoms. The third-order valence-electron chi connectivity index (χ3n) is 4.65. The SMILES string of the molecule is Cc1ccc(F)cc1NC1CCC(C)(C)c2ccccc21. The van der Waals surface area contributed by atoms with Crippen LogP contribution in [-0.2, 0) is 5.41 Å². The van der Waals surface area contributed by atoms with E-state index in [1.807, 2.05) is 13.0 Å². The van der Waals surface area contributed by atoms with Crippen LogP contribution in [0.15, 0.2) is 42.5 Å². The van der Waals surface area contributed by atoms with Crippen molar-refractivity contribution in [3.63, 3.8) is 0 Å². The molecule has 0 radical (unpaired) electrons. The Kier molecular flexibility index (Phi) is 3.48. The van der Waals surface area contributed by atoms with E-state index in [9.17, 15) is 4.39 Å². The van der Waals surface area contributed by atoms with E-state index in [4.69, 9.17) is 0 Å². The van der Waals surface area contributed by atoms with Crippen LogP contribution in [0.5, 0.6) is 0 Å². The summed E-state index contributed by atoms with van der Waals surface area (Å²) in [5.41, 5.74) is 4.94. The number of anilines is 1. The van der Waals surface area contributed by atoms with Crippen LogP contribution >= 0.6 is 0 Å². The summed E-state index contributed by atoms with van der Waals surface area (Å²) >= 11 is 0. The average molecular weight is 283 g/mol. The lowest BCUT2D eigenvalue weighted by Crippen LogP contribution is -2.29. The van der Waals surface area contributed by atoms with Crippen molar-refractivity contribution in [1.29, 1.82) is 0 Å². The van der Waals surface area contributed by atoms with Gasteiger partial charge in [-0.25, -0.2) is 4.39 Å². The molecule has 0 fully saturated rings. The molecule has 2 aromatic rings. The van der Waals surface area contributed by atoms with Crippen LogP contribution in [0.4, 0.5) is 10.1 Å². The Labute approximate surface area is 126 Å². The molecule has 1 nitrogen and oxygen atoms in total. The number of halogens is 1. The lowest BCUT2D eigenvalue weighted by atomic mass is 9.71. The van der Waals surface area contributed by atoms with E-state index < -0.39 is 0 Å². The first kappa shape index (κ1) is 14.1. The van der Waals surface area contributed by atoms with Crippen molar-refractivity contribution in [2.45, 2.75) is 45.1 Å². The zero-order chi connectivity index (χ0) is 15.0. The Morgan fingerprint density at radius 1 is 1.14 bits per heavy atom. The van der Waals surface area contributed by atoms with Crippen LogP contribution in [0.25, 0.3) is 0 Å². The molecule has 0 spiro atoms. The summed E-state index contributed by atoms with van der Waals surface area (Å²) in [6.07, 6.45) is 2.20. The van der Waals surface area contributed by atoms with Gasteiger partial charge in [0, 0.05) is 5.69 Å². The van der Waals surface area contributed by atoms with Gasteiger partial charge in [-0.1, -0.05) is 44.2 Å². The van der Waals surface area contributed by atoms with Crippen LogP contribution < -0.4 is 5.32 Å². The minimum Gasteiger partial charge on any atom is -0.378 e. The van der Waals surface area contributed by atoms with Gasteiger partial charge in [-0.05, 0) is 54.0 Å². The summed E-state index contributed by atoms with van der Waals surface area (Å²) in [6, 6.07) is 13.8. The minimum absolute atomic E-state index is 0.187. The predicted octanol–water partition coefficient (Wildman–Crippen LogP) is 5.36. The highest BCUT2D eigenvalue weighted by molar-refractivity contribution is 5.53. The third kappa shape index (κ3) is 2.67. The molecule has 0 saturated heterocycles. The minimum atomic E-state index is -0.187. The van der Waals surface area contributed by atoms with Gasteiger partial charge in [0.15, 0.2) is 0 Å². The maximum atomic E-state index is 13.5. The second-order valence-electron chi connectivity index (χ2n) is 6.67. The summed E-state index contributed by atoms with van der Waals surface area (Å²) in [6.45, 7) is 6.62. The molecular formula is C19H22FN. The first-order chi connectivity index (χ1) is 9.97. The van der Waals surface area contributed by atoms with Gasteiger partial charge in [-0.3, -0.25) is 0 Å². The van der Waals surface area contributed by atoms with E-state index in [2.05, 4.69) is 43.4 Å². The highest BCUT2D eigenvalue weighted by atomic mass is 19.1. The van der Waals surface area contributed by atoms with E-state index in [0.29, 0.717) is 0 Å². The van der Waals surface area contributed by atoms with E-state index in [1.165, 1.54) is 17.2 Å². The molecule has 0 aliphatic heterocycles. The molecule has 0 amide bonds. The van der Waals surface area contributed by atoms with E-state index >= 15 is 0 Å². The van der Waals surface area contributed by atoms with Gasteiger partial charge in [0.1, 0.15) is 5.82 Å². The van der Waals surface area contributed by atoms with Gasteiger partial charge in [0.05, 0.1) is 6.04 Å². The number of fused-ring (bicyclic) bond motifs is 1. The summed E-state index contributed by atoms with van der Waals surface area (Å²) in [5.74, 6) is -0.187. The van der Waals surface area contributed by atoms with Crippen molar-refractivity contribution in [2.75, 3.05) is 5.32 Å². The van der Waals surface area contributed by atoms with Gasteiger partial charge < -0.3 is 5.32 Å². The zero-order valence-corrected chi connectivity index (χ0v) is 12.9. The van der Waals surface area contributed by atoms with Crippen molar-refractivity contribution in [3.05, 3.63) is 65.0 Å². The summed E-state index contributed by atoms with van der Waals surface area (Å²) in [4.78, 5) is 0. The molecule has 2 heteroatoms. The molecule has 2 aromatic carbocycles. The normalized spacial score (nSPS) is 19.9. The molecule has 1 aliphatic rings. The summed E-state index contributed by atoms with van der Waals surface area (Å²) in [7, 11) is 0. The molecule has 1 N–H and O–H groups in total. The highest BCUT2D eigenvalue weighted by Gasteiger charge is 2.32. The van der Waals surface area contributed by atoms with Gasteiger partial charge in [0.25, 0.3) is 0 Å². The Morgan fingerprint density at radius 2 is 1.90 bits per heavy atom. The van der Waals surface area contributed by atoms with Gasteiger partial charge >= 0.3 is 0 Å². The standard InChI is InChI=1S/C19H22FN/c1-13-8-9-14(20)12-18(13)21-17-10-11-19(2,3)16-7-5-4-6-15(16)17/h4-9,12,17,21H,10-11H2,1-3H3. The third-order valence-corrected chi connectivity index (χ3v) is 4.65. The van der Waals surface area contributed by atoms with Crippen LogP contribution in [0.2, 0.25) is 0 Å². The number of nitrogens with one attached hydrogen (secondary N) is 1. The summed E-state index contributed by atoms with van der Waals surface area (Å²) in [5, 5.41) is 3.54. The molecule has 3 rings (SSSR count). The average Bonchev–Trinajstić information content (AvgIpc) is 2.46. The fourth-order valence-corrected chi connectivity index (χ4v) is 3.30. The molecular weight excluding hydrogens is 261 g/mol. The van der Waals surface area contributed by atoms with Gasteiger partial charge in [0.2, 0.25) is 0 Å². The fourth-order valence-electron chi connectivity index (χ4n) is 3.30.